The van der Waals surface area contributed by atoms with E-state index in [1.165, 1.54) is 29.0 Å². The highest BCUT2D eigenvalue weighted by molar-refractivity contribution is 5.75. The Hall–Kier alpha value is -2.32. The molecule has 4 aliphatic rings. The topological polar surface area (TPSA) is 57.8 Å². The van der Waals surface area contributed by atoms with Crippen LogP contribution in [0.25, 0.3) is 0 Å². The molecule has 5 rings (SSSR count). The van der Waals surface area contributed by atoms with Crippen molar-refractivity contribution in [2.24, 2.45) is 23.2 Å². The maximum absolute atomic E-state index is 12.9. The fourth-order valence-corrected chi connectivity index (χ4v) is 6.83. The molecular weight excluding hydrogens is 386 g/mol. The first-order valence-corrected chi connectivity index (χ1v) is 11.9. The van der Waals surface area contributed by atoms with E-state index in [0.29, 0.717) is 17.4 Å². The maximum atomic E-state index is 12.9. The number of anilines is 1. The standard InChI is InChI=1S/C26H33N3O2/c1-18-4-3-9-26(2)15-24-21(14-23(18)26)22(25(30)31-24)17-28-10-12-29(13-11-28)20-7-5-19(16-27)6-8-20/h5-8,21-24H,1,3-4,9-15,17H2,2H3/p+1/t21-,22-,23-,24-,26-/m1/s1. The molecule has 0 amide bonds. The van der Waals surface area contributed by atoms with Crippen LogP contribution in [-0.2, 0) is 9.53 Å². The molecule has 2 saturated heterocycles. The van der Waals surface area contributed by atoms with E-state index in [9.17, 15) is 4.79 Å². The second-order valence-electron chi connectivity index (χ2n) is 10.5. The third-order valence-corrected chi connectivity index (χ3v) is 8.66. The summed E-state index contributed by atoms with van der Waals surface area (Å²) >= 11 is 0. The lowest BCUT2D eigenvalue weighted by molar-refractivity contribution is -0.903. The van der Waals surface area contributed by atoms with E-state index >= 15 is 0 Å². The molecule has 1 aromatic carbocycles. The molecule has 0 spiro atoms. The summed E-state index contributed by atoms with van der Waals surface area (Å²) in [6.07, 6.45) is 5.84. The molecule has 5 heteroatoms. The average molecular weight is 421 g/mol. The van der Waals surface area contributed by atoms with Gasteiger partial charge in [0.05, 0.1) is 44.4 Å². The SMILES string of the molecule is C=C1CCC[C@]2(C)C[C@H]3OC(=O)[C@H](C[NH+]4CCN(c5ccc(C#N)cc5)CC4)[C@H]3C[C@H]12. The Kier molecular flexibility index (Phi) is 5.30. The largest absolute Gasteiger partial charge is 0.462 e. The summed E-state index contributed by atoms with van der Waals surface area (Å²) in [4.78, 5) is 16.8. The van der Waals surface area contributed by atoms with E-state index in [1.54, 1.807) is 0 Å². The van der Waals surface area contributed by atoms with Crippen molar-refractivity contribution in [3.8, 4) is 6.07 Å². The highest BCUT2D eigenvalue weighted by atomic mass is 16.6. The zero-order valence-electron chi connectivity index (χ0n) is 18.6. The number of nitrogens with one attached hydrogen (secondary N) is 1. The molecule has 0 unspecified atom stereocenters. The van der Waals surface area contributed by atoms with Crippen LogP contribution in [0.15, 0.2) is 36.4 Å². The lowest BCUT2D eigenvalue weighted by Crippen LogP contribution is -3.15. The number of carbonyl (C=O) groups excluding carboxylic acids is 1. The smallest absolute Gasteiger partial charge is 0.315 e. The van der Waals surface area contributed by atoms with E-state index in [-0.39, 0.29) is 23.4 Å². The van der Waals surface area contributed by atoms with Crippen LogP contribution >= 0.6 is 0 Å². The van der Waals surface area contributed by atoms with Crippen molar-refractivity contribution >= 4 is 11.7 Å². The molecule has 2 saturated carbocycles. The van der Waals surface area contributed by atoms with Gasteiger partial charge >= 0.3 is 5.97 Å². The Morgan fingerprint density at radius 3 is 2.74 bits per heavy atom. The number of allylic oxidation sites excluding steroid dienone is 1. The molecule has 1 aromatic rings. The Morgan fingerprint density at radius 1 is 1.29 bits per heavy atom. The van der Waals surface area contributed by atoms with Gasteiger partial charge in [0.25, 0.3) is 0 Å². The van der Waals surface area contributed by atoms with Gasteiger partial charge in [0, 0.05) is 11.6 Å². The van der Waals surface area contributed by atoms with Gasteiger partial charge in [0.15, 0.2) is 0 Å². The van der Waals surface area contributed by atoms with Gasteiger partial charge < -0.3 is 14.5 Å². The quantitative estimate of drug-likeness (QED) is 0.603. The third kappa shape index (κ3) is 3.76. The molecule has 164 valence electrons. The van der Waals surface area contributed by atoms with Crippen LogP contribution in [0.2, 0.25) is 0 Å². The fourth-order valence-electron chi connectivity index (χ4n) is 6.83. The molecule has 0 aromatic heterocycles. The summed E-state index contributed by atoms with van der Waals surface area (Å²) in [7, 11) is 0. The van der Waals surface area contributed by atoms with Crippen LogP contribution < -0.4 is 9.80 Å². The number of ether oxygens (including phenoxy) is 1. The molecule has 0 bridgehead atoms. The molecule has 31 heavy (non-hydrogen) atoms. The van der Waals surface area contributed by atoms with Crippen molar-refractivity contribution in [2.45, 2.75) is 45.1 Å². The van der Waals surface area contributed by atoms with Crippen molar-refractivity contribution in [1.82, 2.24) is 0 Å². The van der Waals surface area contributed by atoms with Gasteiger partial charge in [-0.05, 0) is 67.7 Å². The number of quaternary nitrogens is 1. The first kappa shape index (κ1) is 20.6. The molecule has 5 atom stereocenters. The number of rotatable bonds is 3. The summed E-state index contributed by atoms with van der Waals surface area (Å²) < 4.78 is 5.96. The highest BCUT2D eigenvalue weighted by Gasteiger charge is 2.56. The van der Waals surface area contributed by atoms with Crippen molar-refractivity contribution in [3.63, 3.8) is 0 Å². The van der Waals surface area contributed by atoms with Gasteiger partial charge in [-0.1, -0.05) is 19.1 Å². The number of nitriles is 1. The van der Waals surface area contributed by atoms with Crippen LogP contribution in [0.5, 0.6) is 0 Å². The number of hydrogen-bond donors (Lipinski definition) is 1. The zero-order valence-corrected chi connectivity index (χ0v) is 18.6. The van der Waals surface area contributed by atoms with Crippen molar-refractivity contribution in [2.75, 3.05) is 37.6 Å². The minimum absolute atomic E-state index is 0.0424. The van der Waals surface area contributed by atoms with Crippen molar-refractivity contribution in [3.05, 3.63) is 42.0 Å². The van der Waals surface area contributed by atoms with Crippen LogP contribution in [0.1, 0.15) is 44.6 Å². The molecule has 5 nitrogen and oxygen atoms in total. The van der Waals surface area contributed by atoms with Crippen LogP contribution in [-0.4, -0.2) is 44.8 Å². The fraction of sp³-hybridized carbons (Fsp3) is 0.615. The molecule has 4 fully saturated rings. The van der Waals surface area contributed by atoms with Crippen LogP contribution in [0, 0.1) is 34.5 Å². The summed E-state index contributed by atoms with van der Waals surface area (Å²) in [5, 5.41) is 9.00. The van der Waals surface area contributed by atoms with Crippen molar-refractivity contribution < 1.29 is 14.4 Å². The summed E-state index contributed by atoms with van der Waals surface area (Å²) in [5.41, 5.74) is 3.56. The van der Waals surface area contributed by atoms with Gasteiger partial charge in [-0.25, -0.2) is 0 Å². The predicted molar refractivity (Wildman–Crippen MR) is 120 cm³/mol. The number of nitrogens with zero attached hydrogens (tertiary/aromatic N) is 2. The van der Waals surface area contributed by atoms with E-state index in [2.05, 4.69) is 24.5 Å². The minimum atomic E-state index is 0.0424. The number of carbonyl (C=O) groups is 1. The minimum Gasteiger partial charge on any atom is -0.462 e. The molecule has 2 aliphatic carbocycles. The van der Waals surface area contributed by atoms with Gasteiger partial charge in [-0.2, -0.15) is 5.26 Å². The number of fused-ring (bicyclic) bond motifs is 2. The van der Waals surface area contributed by atoms with Gasteiger partial charge in [-0.15, -0.1) is 0 Å². The predicted octanol–water partition coefficient (Wildman–Crippen LogP) is 2.58. The Balaban J connectivity index is 1.21. The van der Waals surface area contributed by atoms with Crippen LogP contribution in [0.3, 0.4) is 0 Å². The summed E-state index contributed by atoms with van der Waals surface area (Å²) in [6.45, 7) is 11.7. The second-order valence-corrected chi connectivity index (χ2v) is 10.5. The van der Waals surface area contributed by atoms with Crippen molar-refractivity contribution in [1.29, 1.82) is 5.26 Å². The molecule has 0 radical (unpaired) electrons. The van der Waals surface area contributed by atoms with Crippen LogP contribution in [0.4, 0.5) is 5.69 Å². The number of benzene rings is 1. The first-order chi connectivity index (χ1) is 15.0. The van der Waals surface area contributed by atoms with Gasteiger partial charge in [-0.3, -0.25) is 4.79 Å². The number of hydrogen-bond acceptors (Lipinski definition) is 4. The monoisotopic (exact) mass is 420 g/mol. The maximum Gasteiger partial charge on any atom is 0.315 e. The lowest BCUT2D eigenvalue weighted by atomic mass is 9.55. The molecule has 2 heterocycles. The van der Waals surface area contributed by atoms with Gasteiger partial charge in [0.1, 0.15) is 12.0 Å². The molecular formula is C26H34N3O2+. The summed E-state index contributed by atoms with van der Waals surface area (Å²) in [5.74, 6) is 1.01. The lowest BCUT2D eigenvalue weighted by Gasteiger charge is -2.50. The Labute approximate surface area is 185 Å². The number of piperazine rings is 1. The number of esters is 1. The van der Waals surface area contributed by atoms with E-state index < -0.39 is 0 Å². The highest BCUT2D eigenvalue weighted by Crippen LogP contribution is 2.56. The molecule has 2 aliphatic heterocycles. The Morgan fingerprint density at radius 2 is 2.03 bits per heavy atom. The molecule has 1 N–H and O–H groups in total. The second kappa shape index (κ2) is 7.98. The van der Waals surface area contributed by atoms with E-state index in [1.807, 2.05) is 24.3 Å². The van der Waals surface area contributed by atoms with Gasteiger partial charge in [0.2, 0.25) is 0 Å². The Bertz CT molecular complexity index is 896. The third-order valence-electron chi connectivity index (χ3n) is 8.66. The summed E-state index contributed by atoms with van der Waals surface area (Å²) in [6, 6.07) is 10.0. The van der Waals surface area contributed by atoms with E-state index in [0.717, 1.165) is 52.0 Å². The first-order valence-electron chi connectivity index (χ1n) is 11.9. The normalized spacial score (nSPS) is 35.8. The zero-order chi connectivity index (χ0) is 21.6. The average Bonchev–Trinajstić information content (AvgIpc) is 3.06. The van der Waals surface area contributed by atoms with E-state index in [4.69, 9.17) is 10.00 Å².